The number of hydrogen-bond donors (Lipinski definition) is 2. The minimum Gasteiger partial charge on any atom is -0.385 e. The zero-order chi connectivity index (χ0) is 9.26. The van der Waals surface area contributed by atoms with Gasteiger partial charge >= 0.3 is 0 Å². The van der Waals surface area contributed by atoms with E-state index in [1.807, 2.05) is 6.20 Å². The molecule has 1 heterocycles. The van der Waals surface area contributed by atoms with Gasteiger partial charge in [0.05, 0.1) is 11.7 Å². The van der Waals surface area contributed by atoms with Crippen molar-refractivity contribution in [3.63, 3.8) is 0 Å². The van der Waals surface area contributed by atoms with Crippen LogP contribution in [0.2, 0.25) is 0 Å². The molecule has 0 aliphatic heterocycles. The highest BCUT2D eigenvalue weighted by Gasteiger charge is 2.00. The van der Waals surface area contributed by atoms with E-state index in [0.717, 1.165) is 23.1 Å². The average molecular weight is 175 g/mol. The molecule has 3 nitrogen and oxygen atoms in total. The summed E-state index contributed by atoms with van der Waals surface area (Å²) in [4.78, 5) is 0. The Morgan fingerprint density at radius 1 is 1.46 bits per heavy atom. The lowest BCUT2D eigenvalue weighted by atomic mass is 10.1. The summed E-state index contributed by atoms with van der Waals surface area (Å²) in [5.74, 6) is 0. The van der Waals surface area contributed by atoms with E-state index in [9.17, 15) is 0 Å². The molecular formula is C10H13N3. The van der Waals surface area contributed by atoms with Crippen LogP contribution in [0.1, 0.15) is 12.5 Å². The molecule has 0 aliphatic carbocycles. The number of H-pyrrole nitrogens is 1. The number of fused-ring (bicyclic) bond motifs is 1. The van der Waals surface area contributed by atoms with E-state index in [1.165, 1.54) is 5.56 Å². The maximum Gasteiger partial charge on any atom is 0.0680 e. The molecular weight excluding hydrogens is 162 g/mol. The van der Waals surface area contributed by atoms with Gasteiger partial charge in [0.2, 0.25) is 0 Å². The molecule has 0 amide bonds. The highest BCUT2D eigenvalue weighted by atomic mass is 15.1. The first-order valence-electron chi connectivity index (χ1n) is 4.49. The van der Waals surface area contributed by atoms with Gasteiger partial charge in [0.25, 0.3) is 0 Å². The van der Waals surface area contributed by atoms with E-state index < -0.39 is 0 Å². The second-order valence-electron chi connectivity index (χ2n) is 3.16. The van der Waals surface area contributed by atoms with Crippen LogP contribution in [0.15, 0.2) is 18.3 Å². The molecule has 68 valence electrons. The van der Waals surface area contributed by atoms with Gasteiger partial charge in [-0.2, -0.15) is 5.10 Å². The lowest BCUT2D eigenvalue weighted by molar-refractivity contribution is 1.11. The first kappa shape index (κ1) is 8.10. The smallest absolute Gasteiger partial charge is 0.0680 e. The van der Waals surface area contributed by atoms with Gasteiger partial charge < -0.3 is 5.32 Å². The van der Waals surface area contributed by atoms with Crippen LogP contribution in [-0.2, 0) is 0 Å². The molecule has 0 radical (unpaired) electrons. The Morgan fingerprint density at radius 3 is 3.08 bits per heavy atom. The monoisotopic (exact) mass is 175 g/mol. The molecule has 2 aromatic rings. The topological polar surface area (TPSA) is 40.7 Å². The summed E-state index contributed by atoms with van der Waals surface area (Å²) in [6.45, 7) is 5.12. The van der Waals surface area contributed by atoms with Gasteiger partial charge in [-0.25, -0.2) is 0 Å². The third-order valence-electron chi connectivity index (χ3n) is 2.13. The van der Waals surface area contributed by atoms with Gasteiger partial charge in [0.1, 0.15) is 0 Å². The highest BCUT2D eigenvalue weighted by molar-refractivity contribution is 5.84. The first-order chi connectivity index (χ1) is 6.31. The van der Waals surface area contributed by atoms with Crippen molar-refractivity contribution in [2.75, 3.05) is 11.9 Å². The maximum absolute atomic E-state index is 4.01. The van der Waals surface area contributed by atoms with Crippen LogP contribution in [-0.4, -0.2) is 16.7 Å². The minimum absolute atomic E-state index is 0.947. The van der Waals surface area contributed by atoms with Crippen molar-refractivity contribution in [1.82, 2.24) is 10.2 Å². The fraction of sp³-hybridized carbons (Fsp3) is 0.300. The van der Waals surface area contributed by atoms with E-state index in [-0.39, 0.29) is 0 Å². The third kappa shape index (κ3) is 1.37. The third-order valence-corrected chi connectivity index (χ3v) is 2.13. The number of nitrogens with one attached hydrogen (secondary N) is 2. The van der Waals surface area contributed by atoms with E-state index in [4.69, 9.17) is 0 Å². The van der Waals surface area contributed by atoms with Gasteiger partial charge in [-0.15, -0.1) is 0 Å². The average Bonchev–Trinajstić information content (AvgIpc) is 2.53. The van der Waals surface area contributed by atoms with Crippen LogP contribution in [0.3, 0.4) is 0 Å². The van der Waals surface area contributed by atoms with Crippen molar-refractivity contribution >= 4 is 16.6 Å². The van der Waals surface area contributed by atoms with E-state index in [0.29, 0.717) is 0 Å². The number of rotatable bonds is 2. The lowest BCUT2D eigenvalue weighted by Crippen LogP contribution is -1.96. The number of anilines is 1. The quantitative estimate of drug-likeness (QED) is 0.735. The predicted octanol–water partition coefficient (Wildman–Crippen LogP) is 2.30. The van der Waals surface area contributed by atoms with Crippen LogP contribution in [0, 0.1) is 6.92 Å². The number of hydrogen-bond acceptors (Lipinski definition) is 2. The Balaban J connectivity index is 2.56. The zero-order valence-electron chi connectivity index (χ0n) is 7.89. The molecule has 0 aliphatic rings. The standard InChI is InChI=1S/C10H13N3/c1-3-11-9-4-7(2)10-8(5-9)6-12-13-10/h4-6,11H,3H2,1-2H3,(H,12,13). The van der Waals surface area contributed by atoms with Crippen LogP contribution in [0.4, 0.5) is 5.69 Å². The minimum atomic E-state index is 0.947. The van der Waals surface area contributed by atoms with Crippen molar-refractivity contribution in [2.24, 2.45) is 0 Å². The molecule has 0 saturated heterocycles. The second-order valence-corrected chi connectivity index (χ2v) is 3.16. The van der Waals surface area contributed by atoms with E-state index in [1.54, 1.807) is 0 Å². The fourth-order valence-corrected chi connectivity index (χ4v) is 1.54. The van der Waals surface area contributed by atoms with Crippen LogP contribution in [0.5, 0.6) is 0 Å². The maximum atomic E-state index is 4.01. The molecule has 0 saturated carbocycles. The van der Waals surface area contributed by atoms with Gasteiger partial charge in [-0.3, -0.25) is 5.10 Å². The van der Waals surface area contributed by atoms with E-state index >= 15 is 0 Å². The molecule has 2 rings (SSSR count). The molecule has 1 aromatic heterocycles. The number of aromatic amines is 1. The normalized spacial score (nSPS) is 10.6. The van der Waals surface area contributed by atoms with Crippen molar-refractivity contribution in [2.45, 2.75) is 13.8 Å². The van der Waals surface area contributed by atoms with Crippen molar-refractivity contribution in [1.29, 1.82) is 0 Å². The van der Waals surface area contributed by atoms with E-state index in [2.05, 4.69) is 41.5 Å². The molecule has 2 N–H and O–H groups in total. The molecule has 13 heavy (non-hydrogen) atoms. The number of aromatic nitrogens is 2. The Hall–Kier alpha value is -1.51. The zero-order valence-corrected chi connectivity index (χ0v) is 7.89. The molecule has 0 spiro atoms. The SMILES string of the molecule is CCNc1cc(C)c2[nH]ncc2c1. The van der Waals surface area contributed by atoms with Crippen molar-refractivity contribution < 1.29 is 0 Å². The van der Waals surface area contributed by atoms with Gasteiger partial charge in [0.15, 0.2) is 0 Å². The van der Waals surface area contributed by atoms with Gasteiger partial charge in [-0.05, 0) is 31.5 Å². The van der Waals surface area contributed by atoms with Crippen molar-refractivity contribution in [3.8, 4) is 0 Å². The van der Waals surface area contributed by atoms with Crippen molar-refractivity contribution in [3.05, 3.63) is 23.9 Å². The summed E-state index contributed by atoms with van der Waals surface area (Å²) < 4.78 is 0. The van der Waals surface area contributed by atoms with Gasteiger partial charge in [-0.1, -0.05) is 0 Å². The van der Waals surface area contributed by atoms with Crippen LogP contribution in [0.25, 0.3) is 10.9 Å². The van der Waals surface area contributed by atoms with Crippen LogP contribution < -0.4 is 5.32 Å². The lowest BCUT2D eigenvalue weighted by Gasteiger charge is -2.04. The number of aryl methyl sites for hydroxylation is 1. The number of nitrogens with zero attached hydrogens (tertiary/aromatic N) is 1. The summed E-state index contributed by atoms with van der Waals surface area (Å²) in [5, 5.41) is 11.4. The first-order valence-corrected chi connectivity index (χ1v) is 4.49. The summed E-state index contributed by atoms with van der Waals surface area (Å²) in [6.07, 6.45) is 1.85. The summed E-state index contributed by atoms with van der Waals surface area (Å²) in [6, 6.07) is 4.24. The predicted molar refractivity (Wildman–Crippen MR) is 55.0 cm³/mol. The summed E-state index contributed by atoms with van der Waals surface area (Å²) in [5.41, 5.74) is 3.52. The molecule has 0 unspecified atom stereocenters. The molecule has 3 heteroatoms. The molecule has 0 bridgehead atoms. The molecule has 0 atom stereocenters. The fourth-order valence-electron chi connectivity index (χ4n) is 1.54. The Morgan fingerprint density at radius 2 is 2.31 bits per heavy atom. The highest BCUT2D eigenvalue weighted by Crippen LogP contribution is 2.20. The molecule has 1 aromatic carbocycles. The summed E-state index contributed by atoms with van der Waals surface area (Å²) >= 11 is 0. The second kappa shape index (κ2) is 3.09. The summed E-state index contributed by atoms with van der Waals surface area (Å²) in [7, 11) is 0. The Bertz CT molecular complexity index is 417. The molecule has 0 fully saturated rings. The number of benzene rings is 1. The van der Waals surface area contributed by atoms with Gasteiger partial charge in [0, 0.05) is 17.6 Å². The van der Waals surface area contributed by atoms with Crippen LogP contribution >= 0.6 is 0 Å². The largest absolute Gasteiger partial charge is 0.385 e. The Labute approximate surface area is 77.2 Å². The Kier molecular flexibility index (Phi) is 1.93.